The van der Waals surface area contributed by atoms with Crippen LogP contribution in [0, 0.1) is 12.3 Å². The number of anilines is 1. The molecular weight excluding hydrogens is 372 g/mol. The van der Waals surface area contributed by atoms with Gasteiger partial charge in [-0.25, -0.2) is 4.68 Å². The number of nitrogens with two attached hydrogens (primary N) is 1. The molecule has 1 aliphatic rings. The average molecular weight is 401 g/mol. The summed E-state index contributed by atoms with van der Waals surface area (Å²) in [7, 11) is 0. The first-order valence-electron chi connectivity index (χ1n) is 9.52. The van der Waals surface area contributed by atoms with Crippen LogP contribution in [0.1, 0.15) is 58.8 Å². The molecule has 1 aromatic carbocycles. The molecule has 1 heterocycles. The van der Waals surface area contributed by atoms with Gasteiger partial charge in [0.25, 0.3) is 5.91 Å². The van der Waals surface area contributed by atoms with Gasteiger partial charge in [-0.05, 0) is 55.4 Å². The van der Waals surface area contributed by atoms with Crippen molar-refractivity contribution < 1.29 is 9.59 Å². The summed E-state index contributed by atoms with van der Waals surface area (Å²) in [5, 5.41) is 7.98. The predicted octanol–water partition coefficient (Wildman–Crippen LogP) is 3.60. The second-order valence-corrected chi connectivity index (χ2v) is 9.11. The number of nitrogens with one attached hydrogen (secondary N) is 1. The maximum absolute atomic E-state index is 12.7. The van der Waals surface area contributed by atoms with Crippen LogP contribution in [0.15, 0.2) is 18.2 Å². The van der Waals surface area contributed by atoms with Crippen molar-refractivity contribution in [3.63, 3.8) is 0 Å². The molecule has 0 radical (unpaired) electrons. The fraction of sp³-hybridized carbons (Fsp3) is 0.476. The number of aromatic nitrogens is 2. The number of benzene rings is 1. The molecule has 0 fully saturated rings. The molecule has 7 heteroatoms. The number of hydrogen-bond donors (Lipinski definition) is 2. The number of thioether (sulfide) groups is 1. The lowest BCUT2D eigenvalue weighted by Crippen LogP contribution is -2.28. The zero-order valence-corrected chi connectivity index (χ0v) is 17.8. The Labute approximate surface area is 170 Å². The molecule has 0 bridgehead atoms. The zero-order chi connectivity index (χ0) is 20.5. The van der Waals surface area contributed by atoms with Crippen LogP contribution in [0.2, 0.25) is 0 Å². The van der Waals surface area contributed by atoms with Crippen molar-refractivity contribution in [2.45, 2.75) is 40.0 Å². The van der Waals surface area contributed by atoms with Crippen molar-refractivity contribution in [2.75, 3.05) is 23.9 Å². The topological polar surface area (TPSA) is 90.0 Å². The molecule has 0 unspecified atom stereocenters. The Morgan fingerprint density at radius 2 is 2.11 bits per heavy atom. The summed E-state index contributed by atoms with van der Waals surface area (Å²) in [6, 6.07) is 5.47. The number of carbonyl (C=O) groups excluding carboxylic acids is 2. The minimum absolute atomic E-state index is 0.0969. The number of Topliss-reactive ketones (excluding diaryl/α,β-unsaturated/α-hetero) is 1. The third-order valence-electron chi connectivity index (χ3n) is 5.07. The fourth-order valence-electron chi connectivity index (χ4n) is 3.82. The third kappa shape index (κ3) is 4.09. The summed E-state index contributed by atoms with van der Waals surface area (Å²) in [5.74, 6) is 0.731. The van der Waals surface area contributed by atoms with E-state index in [0.29, 0.717) is 17.7 Å². The number of nitrogens with zero attached hydrogens (tertiary/aromatic N) is 2. The second kappa shape index (κ2) is 7.99. The maximum Gasteiger partial charge on any atom is 0.250 e. The standard InChI is InChI=1S/C21H28N4O2S/c1-13-19-17(11-21(2,3)12-18(19)26)25(24-13)14-6-7-15(20(22)27)16(10-14)23-8-5-9-28-4/h6-7,10,23H,5,8-9,11-12H2,1-4H3,(H2,22,27). The molecule has 1 amide bonds. The Hall–Kier alpha value is -2.28. The smallest absolute Gasteiger partial charge is 0.250 e. The highest BCUT2D eigenvalue weighted by Crippen LogP contribution is 2.37. The highest BCUT2D eigenvalue weighted by Gasteiger charge is 2.35. The van der Waals surface area contributed by atoms with E-state index >= 15 is 0 Å². The van der Waals surface area contributed by atoms with Gasteiger partial charge in [0.2, 0.25) is 0 Å². The lowest BCUT2D eigenvalue weighted by atomic mass is 9.75. The lowest BCUT2D eigenvalue weighted by molar-refractivity contribution is 0.0909. The van der Waals surface area contributed by atoms with Gasteiger partial charge in [-0.15, -0.1) is 0 Å². The molecule has 0 spiro atoms. The van der Waals surface area contributed by atoms with E-state index in [1.165, 1.54) is 0 Å². The van der Waals surface area contributed by atoms with Crippen LogP contribution >= 0.6 is 11.8 Å². The van der Waals surface area contributed by atoms with Crippen LogP contribution in [0.3, 0.4) is 0 Å². The minimum atomic E-state index is -0.464. The Bertz CT molecular complexity index is 917. The van der Waals surface area contributed by atoms with E-state index in [-0.39, 0.29) is 11.2 Å². The number of amides is 1. The summed E-state index contributed by atoms with van der Waals surface area (Å²) >= 11 is 1.79. The van der Waals surface area contributed by atoms with Gasteiger partial charge in [-0.1, -0.05) is 13.8 Å². The summed E-state index contributed by atoms with van der Waals surface area (Å²) < 4.78 is 1.85. The van der Waals surface area contributed by atoms with Crippen molar-refractivity contribution in [3.8, 4) is 5.69 Å². The second-order valence-electron chi connectivity index (χ2n) is 8.13. The van der Waals surface area contributed by atoms with E-state index < -0.39 is 5.91 Å². The van der Waals surface area contributed by atoms with Gasteiger partial charge in [-0.3, -0.25) is 9.59 Å². The molecule has 0 atom stereocenters. The van der Waals surface area contributed by atoms with Gasteiger partial charge in [0.15, 0.2) is 5.78 Å². The Morgan fingerprint density at radius 3 is 2.79 bits per heavy atom. The molecule has 0 saturated heterocycles. The van der Waals surface area contributed by atoms with Crippen molar-refractivity contribution in [2.24, 2.45) is 11.1 Å². The van der Waals surface area contributed by atoms with Gasteiger partial charge in [0.05, 0.1) is 28.2 Å². The summed E-state index contributed by atoms with van der Waals surface area (Å²) in [4.78, 5) is 24.5. The van der Waals surface area contributed by atoms with Crippen molar-refractivity contribution in [1.82, 2.24) is 9.78 Å². The number of aryl methyl sites for hydroxylation is 1. The number of primary amides is 1. The van der Waals surface area contributed by atoms with E-state index in [1.54, 1.807) is 17.8 Å². The summed E-state index contributed by atoms with van der Waals surface area (Å²) in [6.07, 6.45) is 4.38. The predicted molar refractivity (Wildman–Crippen MR) is 115 cm³/mol. The largest absolute Gasteiger partial charge is 0.384 e. The molecule has 3 N–H and O–H groups in total. The number of carbonyl (C=O) groups is 2. The fourth-order valence-corrected chi connectivity index (χ4v) is 4.25. The minimum Gasteiger partial charge on any atom is -0.384 e. The normalized spacial score (nSPS) is 15.4. The monoisotopic (exact) mass is 400 g/mol. The molecule has 150 valence electrons. The number of fused-ring (bicyclic) bond motifs is 1. The lowest BCUT2D eigenvalue weighted by Gasteiger charge is -2.29. The van der Waals surface area contributed by atoms with E-state index in [4.69, 9.17) is 5.73 Å². The summed E-state index contributed by atoms with van der Waals surface area (Å²) in [6.45, 7) is 6.85. The number of hydrogen-bond acceptors (Lipinski definition) is 5. The molecule has 3 rings (SSSR count). The van der Waals surface area contributed by atoms with Gasteiger partial charge in [0.1, 0.15) is 0 Å². The first kappa shape index (κ1) is 20.5. The van der Waals surface area contributed by atoms with Crippen molar-refractivity contribution >= 4 is 29.1 Å². The van der Waals surface area contributed by atoms with Gasteiger partial charge in [-0.2, -0.15) is 16.9 Å². The van der Waals surface area contributed by atoms with Crippen molar-refractivity contribution in [3.05, 3.63) is 40.7 Å². The average Bonchev–Trinajstić information content (AvgIpc) is 2.93. The van der Waals surface area contributed by atoms with Crippen LogP contribution in [-0.2, 0) is 6.42 Å². The first-order valence-corrected chi connectivity index (χ1v) is 10.9. The molecule has 28 heavy (non-hydrogen) atoms. The molecule has 2 aromatic rings. The Kier molecular flexibility index (Phi) is 5.84. The molecule has 1 aromatic heterocycles. The van der Waals surface area contributed by atoms with E-state index in [0.717, 1.165) is 47.8 Å². The Balaban J connectivity index is 2.02. The van der Waals surface area contributed by atoms with Gasteiger partial charge < -0.3 is 11.1 Å². The zero-order valence-electron chi connectivity index (χ0n) is 17.0. The van der Waals surface area contributed by atoms with Crippen LogP contribution in [0.5, 0.6) is 0 Å². The van der Waals surface area contributed by atoms with Gasteiger partial charge in [0, 0.05) is 18.7 Å². The molecule has 0 saturated carbocycles. The molecule has 6 nitrogen and oxygen atoms in total. The highest BCUT2D eigenvalue weighted by molar-refractivity contribution is 7.98. The van der Waals surface area contributed by atoms with E-state index in [9.17, 15) is 9.59 Å². The number of ketones is 1. The third-order valence-corrected chi connectivity index (χ3v) is 5.77. The molecule has 0 aliphatic heterocycles. The molecule has 1 aliphatic carbocycles. The van der Waals surface area contributed by atoms with Gasteiger partial charge >= 0.3 is 0 Å². The van der Waals surface area contributed by atoms with Crippen LogP contribution in [0.4, 0.5) is 5.69 Å². The van der Waals surface area contributed by atoms with Crippen molar-refractivity contribution in [1.29, 1.82) is 0 Å². The Morgan fingerprint density at radius 1 is 1.36 bits per heavy atom. The summed E-state index contributed by atoms with van der Waals surface area (Å²) in [5.41, 5.74) is 9.89. The van der Waals surface area contributed by atoms with E-state index in [1.807, 2.05) is 23.7 Å². The number of rotatable bonds is 7. The van der Waals surface area contributed by atoms with Crippen LogP contribution in [0.25, 0.3) is 5.69 Å². The van der Waals surface area contributed by atoms with Crippen LogP contribution < -0.4 is 11.1 Å². The first-order chi connectivity index (χ1) is 13.2. The highest BCUT2D eigenvalue weighted by atomic mass is 32.2. The molecular formula is C21H28N4O2S. The quantitative estimate of drug-likeness (QED) is 0.693. The maximum atomic E-state index is 12.7. The van der Waals surface area contributed by atoms with E-state index in [2.05, 4.69) is 30.5 Å². The SMILES string of the molecule is CSCCCNc1cc(-n2nc(C)c3c2CC(C)(C)CC3=O)ccc1C(N)=O. The van der Waals surface area contributed by atoms with Crippen LogP contribution in [-0.4, -0.2) is 40.0 Å².